The van der Waals surface area contributed by atoms with Gasteiger partial charge in [0.25, 0.3) is 0 Å². The number of ether oxygens (including phenoxy) is 1. The van der Waals surface area contributed by atoms with Crippen molar-refractivity contribution in [2.24, 2.45) is 0 Å². The van der Waals surface area contributed by atoms with Crippen molar-refractivity contribution < 1.29 is 9.53 Å². The van der Waals surface area contributed by atoms with Gasteiger partial charge in [-0.15, -0.1) is 0 Å². The summed E-state index contributed by atoms with van der Waals surface area (Å²) in [5.41, 5.74) is 4.20. The molecule has 2 aromatic rings. The molecule has 0 aliphatic heterocycles. The summed E-state index contributed by atoms with van der Waals surface area (Å²) in [6.45, 7) is 12.5. The molecule has 0 aliphatic rings. The van der Waals surface area contributed by atoms with Crippen LogP contribution in [0.4, 0.5) is 0 Å². The highest BCUT2D eigenvalue weighted by Gasteiger charge is 2.26. The molecule has 0 spiro atoms. The first-order chi connectivity index (χ1) is 15.1. The van der Waals surface area contributed by atoms with Gasteiger partial charge in [0.2, 0.25) is 0 Å². The minimum absolute atomic E-state index is 0.0427. The van der Waals surface area contributed by atoms with Crippen LogP contribution in [0.25, 0.3) is 5.57 Å². The highest BCUT2D eigenvalue weighted by atomic mass is 16.5. The van der Waals surface area contributed by atoms with Crippen LogP contribution in [0.2, 0.25) is 0 Å². The third-order valence-corrected chi connectivity index (χ3v) is 5.92. The van der Waals surface area contributed by atoms with Gasteiger partial charge in [0.1, 0.15) is 12.0 Å². The molecule has 0 aromatic heterocycles. The van der Waals surface area contributed by atoms with E-state index in [1.165, 1.54) is 5.56 Å². The molecule has 0 radical (unpaired) electrons. The van der Waals surface area contributed by atoms with Crippen molar-refractivity contribution in [3.05, 3.63) is 71.3 Å². The van der Waals surface area contributed by atoms with Crippen molar-refractivity contribution in [1.29, 1.82) is 0 Å². The predicted octanol–water partition coefficient (Wildman–Crippen LogP) is 5.73. The number of methoxy groups -OCH3 is 1. The first-order valence-corrected chi connectivity index (χ1v) is 11.4. The van der Waals surface area contributed by atoms with Crippen LogP contribution in [-0.2, 0) is 11.3 Å². The Labute approximate surface area is 194 Å². The van der Waals surface area contributed by atoms with Crippen LogP contribution >= 0.6 is 0 Å². The monoisotopic (exact) mass is 436 g/mol. The molecule has 0 fully saturated rings. The number of carbonyl (C=O) groups is 1. The molecule has 0 saturated carbocycles. The van der Waals surface area contributed by atoms with Gasteiger partial charge in [-0.3, -0.25) is 9.69 Å². The molecule has 2 aromatic carbocycles. The molecule has 2 rings (SSSR count). The second-order valence-electron chi connectivity index (χ2n) is 10.1. The van der Waals surface area contributed by atoms with Crippen LogP contribution in [0.5, 0.6) is 5.75 Å². The van der Waals surface area contributed by atoms with Crippen molar-refractivity contribution in [3.8, 4) is 5.75 Å². The Morgan fingerprint density at radius 3 is 2.16 bits per heavy atom. The van der Waals surface area contributed by atoms with Crippen molar-refractivity contribution in [2.75, 3.05) is 20.7 Å². The molecule has 0 heterocycles. The molecule has 0 aliphatic carbocycles. The fourth-order valence-electron chi connectivity index (χ4n) is 3.73. The van der Waals surface area contributed by atoms with Crippen LogP contribution in [0.3, 0.4) is 0 Å². The molecule has 4 heteroatoms. The zero-order valence-electron chi connectivity index (χ0n) is 20.9. The molecule has 0 atom stereocenters. The number of aldehydes is 1. The van der Waals surface area contributed by atoms with E-state index in [4.69, 9.17) is 4.74 Å². The molecule has 1 N–H and O–H groups in total. The molecule has 0 bridgehead atoms. The molecular formula is C28H40N2O2. The predicted molar refractivity (Wildman–Crippen MR) is 135 cm³/mol. The molecule has 174 valence electrons. The fraction of sp³-hybridized carbons (Fsp3) is 0.464. The van der Waals surface area contributed by atoms with Crippen molar-refractivity contribution >= 4 is 11.9 Å². The Kier molecular flexibility index (Phi) is 9.23. The average Bonchev–Trinajstić information content (AvgIpc) is 2.75. The lowest BCUT2D eigenvalue weighted by molar-refractivity contribution is -0.105. The van der Waals surface area contributed by atoms with E-state index in [1.54, 1.807) is 7.11 Å². The van der Waals surface area contributed by atoms with Gasteiger partial charge in [0.15, 0.2) is 0 Å². The minimum atomic E-state index is -0.187. The van der Waals surface area contributed by atoms with Gasteiger partial charge in [0, 0.05) is 17.6 Å². The normalized spacial score (nSPS) is 13.1. The molecule has 0 amide bonds. The number of benzene rings is 2. The quantitative estimate of drug-likeness (QED) is 0.361. The summed E-state index contributed by atoms with van der Waals surface area (Å²) in [5, 5.41) is 3.56. The Morgan fingerprint density at radius 2 is 1.62 bits per heavy atom. The van der Waals surface area contributed by atoms with Gasteiger partial charge < -0.3 is 10.1 Å². The van der Waals surface area contributed by atoms with E-state index < -0.39 is 0 Å². The Morgan fingerprint density at radius 1 is 1.00 bits per heavy atom. The molecule has 0 saturated heterocycles. The van der Waals surface area contributed by atoms with E-state index >= 15 is 0 Å². The van der Waals surface area contributed by atoms with Gasteiger partial charge in [-0.1, -0.05) is 42.5 Å². The van der Waals surface area contributed by atoms with E-state index in [1.807, 2.05) is 30.3 Å². The number of hydrogen-bond donors (Lipinski definition) is 1. The van der Waals surface area contributed by atoms with Crippen LogP contribution in [0.15, 0.2) is 60.2 Å². The lowest BCUT2D eigenvalue weighted by Crippen LogP contribution is -2.41. The summed E-state index contributed by atoms with van der Waals surface area (Å²) in [7, 11) is 3.80. The highest BCUT2D eigenvalue weighted by Crippen LogP contribution is 2.30. The lowest BCUT2D eigenvalue weighted by Gasteiger charge is -2.36. The maximum atomic E-state index is 12.3. The summed E-state index contributed by atoms with van der Waals surface area (Å²) < 4.78 is 5.27. The number of rotatable bonds is 11. The van der Waals surface area contributed by atoms with Gasteiger partial charge in [0.05, 0.1) is 7.11 Å². The molecule has 0 unspecified atom stereocenters. The minimum Gasteiger partial charge on any atom is -0.497 e. The Balaban J connectivity index is 2.25. The fourth-order valence-corrected chi connectivity index (χ4v) is 3.73. The van der Waals surface area contributed by atoms with E-state index in [2.05, 4.69) is 76.1 Å². The van der Waals surface area contributed by atoms with E-state index in [-0.39, 0.29) is 11.1 Å². The molecule has 32 heavy (non-hydrogen) atoms. The summed E-state index contributed by atoms with van der Waals surface area (Å²) in [6, 6.07) is 18.5. The Hall–Kier alpha value is -2.43. The van der Waals surface area contributed by atoms with Gasteiger partial charge in [-0.2, -0.15) is 0 Å². The van der Waals surface area contributed by atoms with Crippen molar-refractivity contribution in [1.82, 2.24) is 10.2 Å². The van der Waals surface area contributed by atoms with Crippen molar-refractivity contribution in [2.45, 2.75) is 65.1 Å². The standard InChI is InChI=1S/C28H40N2O2/c1-27(2,3)29-18-17-26(23-11-9-8-10-12-23)24(21-31)19-28(4,5)30(6)20-22-13-15-25(32-7)16-14-22/h8-16,21,29H,17-20H2,1-7H3/b26-24+. The third-order valence-electron chi connectivity index (χ3n) is 5.92. The summed E-state index contributed by atoms with van der Waals surface area (Å²) in [4.78, 5) is 14.6. The third kappa shape index (κ3) is 7.92. The average molecular weight is 437 g/mol. The summed E-state index contributed by atoms with van der Waals surface area (Å²) in [6.07, 6.45) is 2.55. The number of carbonyl (C=O) groups excluding carboxylic acids is 1. The summed E-state index contributed by atoms with van der Waals surface area (Å²) in [5.74, 6) is 0.859. The lowest BCUT2D eigenvalue weighted by atomic mass is 9.87. The largest absolute Gasteiger partial charge is 0.497 e. The maximum absolute atomic E-state index is 12.3. The van der Waals surface area contributed by atoms with E-state index in [0.29, 0.717) is 6.42 Å². The first kappa shape index (κ1) is 25.8. The zero-order valence-corrected chi connectivity index (χ0v) is 20.9. The molecule has 4 nitrogen and oxygen atoms in total. The van der Waals surface area contributed by atoms with Crippen LogP contribution in [-0.4, -0.2) is 43.0 Å². The number of hydrogen-bond acceptors (Lipinski definition) is 4. The van der Waals surface area contributed by atoms with Crippen LogP contribution < -0.4 is 10.1 Å². The SMILES string of the molecule is COc1ccc(CN(C)C(C)(C)C/C(C=O)=C(/CCNC(C)(C)C)c2ccccc2)cc1. The van der Waals surface area contributed by atoms with Gasteiger partial charge in [-0.25, -0.2) is 0 Å². The topological polar surface area (TPSA) is 41.6 Å². The smallest absolute Gasteiger partial charge is 0.146 e. The maximum Gasteiger partial charge on any atom is 0.146 e. The highest BCUT2D eigenvalue weighted by molar-refractivity contribution is 5.88. The first-order valence-electron chi connectivity index (χ1n) is 11.4. The number of nitrogens with one attached hydrogen (secondary N) is 1. The second-order valence-corrected chi connectivity index (χ2v) is 10.1. The zero-order chi connectivity index (χ0) is 23.8. The Bertz CT molecular complexity index is 878. The van der Waals surface area contributed by atoms with Gasteiger partial charge in [-0.05, 0) is 95.5 Å². The second kappa shape index (κ2) is 11.4. The van der Waals surface area contributed by atoms with E-state index in [9.17, 15) is 4.79 Å². The van der Waals surface area contributed by atoms with E-state index in [0.717, 1.165) is 48.3 Å². The van der Waals surface area contributed by atoms with Gasteiger partial charge >= 0.3 is 0 Å². The number of nitrogens with zero attached hydrogens (tertiary/aromatic N) is 1. The molecular weight excluding hydrogens is 396 g/mol. The summed E-state index contributed by atoms with van der Waals surface area (Å²) >= 11 is 0. The van der Waals surface area contributed by atoms with Crippen molar-refractivity contribution in [3.63, 3.8) is 0 Å². The van der Waals surface area contributed by atoms with Crippen LogP contribution in [0.1, 0.15) is 58.6 Å². The van der Waals surface area contributed by atoms with Crippen LogP contribution in [0, 0.1) is 0 Å².